The van der Waals surface area contributed by atoms with Crippen molar-refractivity contribution in [3.8, 4) is 0 Å². The van der Waals surface area contributed by atoms with Crippen molar-refractivity contribution in [1.29, 1.82) is 0 Å². The monoisotopic (exact) mass is 326 g/mol. The number of hydrogen-bond acceptors (Lipinski definition) is 4. The lowest BCUT2D eigenvalue weighted by Gasteiger charge is -2.20. The highest BCUT2D eigenvalue weighted by atomic mass is 32.2. The molecule has 0 bridgehead atoms. The van der Waals surface area contributed by atoms with Crippen LogP contribution in [0.15, 0.2) is 29.2 Å². The Balaban J connectivity index is 2.23. The first-order valence-electron chi connectivity index (χ1n) is 7.33. The largest absolute Gasteiger partial charge is 0.379 e. The molecule has 1 heterocycles. The number of carbonyl (C=O) groups is 1. The van der Waals surface area contributed by atoms with E-state index in [1.165, 1.54) is 0 Å². The second kappa shape index (κ2) is 5.98. The van der Waals surface area contributed by atoms with Crippen molar-refractivity contribution >= 4 is 15.9 Å². The topological polar surface area (TPSA) is 101 Å². The summed E-state index contributed by atoms with van der Waals surface area (Å²) < 4.78 is 26.2. The lowest BCUT2D eigenvalue weighted by atomic mass is 9.99. The van der Waals surface area contributed by atoms with E-state index in [-0.39, 0.29) is 24.4 Å². The third-order valence-electron chi connectivity index (χ3n) is 4.37. The number of nitrogens with zero attached hydrogens (tertiary/aromatic N) is 1. The lowest BCUT2D eigenvalue weighted by molar-refractivity contribution is -0.134. The lowest BCUT2D eigenvalue weighted by Crippen LogP contribution is -2.46. The van der Waals surface area contributed by atoms with E-state index in [1.807, 2.05) is 0 Å². The molecule has 1 aromatic rings. The Labute approximate surface area is 131 Å². The summed E-state index contributed by atoms with van der Waals surface area (Å²) in [5.74, 6) is -0.527. The zero-order chi connectivity index (χ0) is 16.5. The molecule has 1 fully saturated rings. The molecule has 1 saturated heterocycles. The van der Waals surface area contributed by atoms with Gasteiger partial charge in [0.15, 0.2) is 5.60 Å². The van der Waals surface area contributed by atoms with Gasteiger partial charge in [-0.15, -0.1) is 0 Å². The first-order chi connectivity index (χ1) is 10.2. The summed E-state index contributed by atoms with van der Waals surface area (Å²) in [6.07, 6.45) is 0.996. The van der Waals surface area contributed by atoms with Crippen molar-refractivity contribution in [3.05, 3.63) is 29.8 Å². The molecular weight excluding hydrogens is 304 g/mol. The van der Waals surface area contributed by atoms with Gasteiger partial charge < -0.3 is 10.8 Å². The Kier molecular flexibility index (Phi) is 4.60. The van der Waals surface area contributed by atoms with Gasteiger partial charge in [-0.3, -0.25) is 4.79 Å². The van der Waals surface area contributed by atoms with Crippen LogP contribution in [0.1, 0.15) is 38.2 Å². The molecule has 0 spiro atoms. The average Bonchev–Trinajstić information content (AvgIpc) is 2.91. The molecule has 0 saturated carbocycles. The number of β-amino-alcohol motifs (C(OH)–C–C–N with tert-alkyl or cyclic N) is 1. The number of sulfonamides is 1. The van der Waals surface area contributed by atoms with Crippen LogP contribution in [0.25, 0.3) is 0 Å². The Morgan fingerprint density at radius 1 is 1.41 bits per heavy atom. The van der Waals surface area contributed by atoms with E-state index in [2.05, 4.69) is 13.8 Å². The summed E-state index contributed by atoms with van der Waals surface area (Å²) in [4.78, 5) is 11.4. The maximum Gasteiger partial charge on any atom is 0.250 e. The minimum atomic E-state index is -3.73. The zero-order valence-corrected chi connectivity index (χ0v) is 13.6. The van der Waals surface area contributed by atoms with E-state index >= 15 is 0 Å². The maximum absolute atomic E-state index is 12.6. The van der Waals surface area contributed by atoms with Crippen LogP contribution >= 0.6 is 0 Å². The quantitative estimate of drug-likeness (QED) is 0.836. The summed E-state index contributed by atoms with van der Waals surface area (Å²) in [5, 5.41) is 10.0. The van der Waals surface area contributed by atoms with Crippen molar-refractivity contribution in [2.24, 2.45) is 5.73 Å². The molecule has 0 aliphatic carbocycles. The van der Waals surface area contributed by atoms with Gasteiger partial charge in [-0.05, 0) is 30.0 Å². The number of nitrogens with two attached hydrogens (primary N) is 1. The van der Waals surface area contributed by atoms with E-state index in [0.29, 0.717) is 5.92 Å². The van der Waals surface area contributed by atoms with Crippen molar-refractivity contribution in [3.63, 3.8) is 0 Å². The summed E-state index contributed by atoms with van der Waals surface area (Å²) in [6, 6.07) is 6.74. The minimum absolute atomic E-state index is 0.0204. The Bertz CT molecular complexity index is 657. The van der Waals surface area contributed by atoms with Crippen LogP contribution in [0.4, 0.5) is 0 Å². The van der Waals surface area contributed by atoms with Gasteiger partial charge in [0.2, 0.25) is 10.0 Å². The molecule has 7 heteroatoms. The van der Waals surface area contributed by atoms with Gasteiger partial charge >= 0.3 is 0 Å². The summed E-state index contributed by atoms with van der Waals surface area (Å²) in [5.41, 5.74) is 4.44. The van der Waals surface area contributed by atoms with E-state index in [9.17, 15) is 18.3 Å². The van der Waals surface area contributed by atoms with E-state index in [1.54, 1.807) is 24.3 Å². The van der Waals surface area contributed by atoms with E-state index in [4.69, 9.17) is 5.73 Å². The second-order valence-corrected chi connectivity index (χ2v) is 7.80. The highest BCUT2D eigenvalue weighted by Crippen LogP contribution is 2.28. The van der Waals surface area contributed by atoms with Crippen LogP contribution in [0.5, 0.6) is 0 Å². The zero-order valence-electron chi connectivity index (χ0n) is 12.8. The molecule has 2 atom stereocenters. The standard InChI is InChI=1S/C15H22N2O4S/c1-3-11(2)12-4-6-13(7-5-12)22(20,21)17-9-8-15(19,10-17)14(16)18/h4-7,11,19H,3,8-10H2,1-2H3,(H2,16,18)/t11-,15-/m1/s1. The molecule has 1 amide bonds. The molecule has 0 unspecified atom stereocenters. The number of rotatable bonds is 5. The van der Waals surface area contributed by atoms with Crippen molar-refractivity contribution in [2.75, 3.05) is 13.1 Å². The molecule has 2 rings (SSSR count). The van der Waals surface area contributed by atoms with Gasteiger partial charge in [0.05, 0.1) is 11.4 Å². The van der Waals surface area contributed by atoms with Gasteiger partial charge in [-0.25, -0.2) is 8.42 Å². The molecule has 3 N–H and O–H groups in total. The molecule has 0 aromatic heterocycles. The Morgan fingerprint density at radius 3 is 2.45 bits per heavy atom. The number of primary amides is 1. The maximum atomic E-state index is 12.6. The predicted molar refractivity (Wildman–Crippen MR) is 82.7 cm³/mol. The van der Waals surface area contributed by atoms with E-state index < -0.39 is 21.5 Å². The van der Waals surface area contributed by atoms with E-state index in [0.717, 1.165) is 16.3 Å². The third-order valence-corrected chi connectivity index (χ3v) is 6.23. The molecule has 1 aromatic carbocycles. The fraction of sp³-hybridized carbons (Fsp3) is 0.533. The van der Waals surface area contributed by atoms with Gasteiger partial charge in [0.25, 0.3) is 5.91 Å². The van der Waals surface area contributed by atoms with Gasteiger partial charge in [-0.2, -0.15) is 4.31 Å². The Hall–Kier alpha value is -1.44. The number of benzene rings is 1. The van der Waals surface area contributed by atoms with Gasteiger partial charge in [0.1, 0.15) is 0 Å². The second-order valence-electron chi connectivity index (χ2n) is 5.86. The molecular formula is C15H22N2O4S. The van der Waals surface area contributed by atoms with Crippen LogP contribution < -0.4 is 5.73 Å². The average molecular weight is 326 g/mol. The molecule has 122 valence electrons. The molecule has 0 radical (unpaired) electrons. The fourth-order valence-electron chi connectivity index (χ4n) is 2.52. The number of hydrogen-bond donors (Lipinski definition) is 2. The van der Waals surface area contributed by atoms with Crippen LogP contribution in [0.2, 0.25) is 0 Å². The normalized spacial score (nSPS) is 24.3. The molecule has 6 nitrogen and oxygen atoms in total. The number of amides is 1. The fourth-order valence-corrected chi connectivity index (χ4v) is 4.01. The van der Waals surface area contributed by atoms with Crippen LogP contribution in [0, 0.1) is 0 Å². The van der Waals surface area contributed by atoms with Gasteiger partial charge in [-0.1, -0.05) is 26.0 Å². The van der Waals surface area contributed by atoms with Crippen molar-refractivity contribution in [2.45, 2.75) is 43.1 Å². The van der Waals surface area contributed by atoms with Crippen LogP contribution in [-0.4, -0.2) is 42.4 Å². The van der Waals surface area contributed by atoms with Gasteiger partial charge in [0, 0.05) is 13.0 Å². The summed E-state index contributed by atoms with van der Waals surface area (Å²) in [6.45, 7) is 3.94. The summed E-state index contributed by atoms with van der Waals surface area (Å²) >= 11 is 0. The van der Waals surface area contributed by atoms with Crippen molar-refractivity contribution in [1.82, 2.24) is 4.31 Å². The number of carbonyl (C=O) groups excluding carboxylic acids is 1. The predicted octanol–water partition coefficient (Wildman–Crippen LogP) is 0.811. The van der Waals surface area contributed by atoms with Crippen LogP contribution in [-0.2, 0) is 14.8 Å². The van der Waals surface area contributed by atoms with Crippen LogP contribution in [0.3, 0.4) is 0 Å². The molecule has 22 heavy (non-hydrogen) atoms. The highest BCUT2D eigenvalue weighted by molar-refractivity contribution is 7.89. The molecule has 1 aliphatic rings. The Morgan fingerprint density at radius 2 is 2.00 bits per heavy atom. The highest BCUT2D eigenvalue weighted by Gasteiger charge is 2.45. The summed E-state index contributed by atoms with van der Waals surface area (Å²) in [7, 11) is -3.73. The first-order valence-corrected chi connectivity index (χ1v) is 8.77. The molecule has 1 aliphatic heterocycles. The number of aliphatic hydroxyl groups is 1. The van der Waals surface area contributed by atoms with Crippen molar-refractivity contribution < 1.29 is 18.3 Å². The SMILES string of the molecule is CC[C@@H](C)c1ccc(S(=O)(=O)N2CC[C@](O)(C(N)=O)C2)cc1. The third kappa shape index (κ3) is 3.02. The smallest absolute Gasteiger partial charge is 0.250 e. The first kappa shape index (κ1) is 16.9. The minimum Gasteiger partial charge on any atom is -0.379 e.